The first-order chi connectivity index (χ1) is 9.88. The molecule has 0 aliphatic carbocycles. The zero-order valence-corrected chi connectivity index (χ0v) is 11.8. The summed E-state index contributed by atoms with van der Waals surface area (Å²) in [4.78, 5) is 3.86. The first-order valence-corrected chi connectivity index (χ1v) is 6.45. The molecule has 0 aliphatic heterocycles. The lowest BCUT2D eigenvalue weighted by Crippen LogP contribution is -2.05. The number of rotatable bonds is 1. The number of imidazole rings is 1. The second kappa shape index (κ2) is 4.73. The summed E-state index contributed by atoms with van der Waals surface area (Å²) in [5.41, 5.74) is 5.57. The number of hydrogen-bond donors (Lipinski definition) is 1. The molecule has 1 aromatic heterocycles. The van der Waals surface area contributed by atoms with Crippen molar-refractivity contribution in [2.24, 2.45) is 0 Å². The second-order valence-electron chi connectivity index (χ2n) is 4.28. The largest absolute Gasteiger partial charge is 0.369 e. The molecule has 8 heteroatoms. The standard InChI is InChI=1S/C13H6BrF4N3/c14-6-3-10-9(4-7(6)16)20-13(19)21(10)11-2-5(15)1-8(17)12(11)18/h1-4H,(H2,19,20). The molecular formula is C13H6BrF4N3. The number of fused-ring (bicyclic) bond motifs is 1. The molecule has 0 saturated heterocycles. The van der Waals surface area contributed by atoms with E-state index in [0.29, 0.717) is 6.07 Å². The lowest BCUT2D eigenvalue weighted by molar-refractivity contribution is 0.491. The van der Waals surface area contributed by atoms with Crippen LogP contribution >= 0.6 is 15.9 Å². The van der Waals surface area contributed by atoms with E-state index in [4.69, 9.17) is 5.73 Å². The first-order valence-electron chi connectivity index (χ1n) is 5.66. The number of halogens is 5. The number of nitrogens with zero attached hydrogens (tertiary/aromatic N) is 2. The number of anilines is 1. The maximum absolute atomic E-state index is 13.9. The van der Waals surface area contributed by atoms with E-state index in [-0.39, 0.29) is 21.5 Å². The van der Waals surface area contributed by atoms with Crippen LogP contribution in [0.2, 0.25) is 0 Å². The van der Waals surface area contributed by atoms with Gasteiger partial charge in [-0.1, -0.05) is 0 Å². The minimum absolute atomic E-state index is 0.0911. The Morgan fingerprint density at radius 1 is 1.00 bits per heavy atom. The topological polar surface area (TPSA) is 43.8 Å². The van der Waals surface area contributed by atoms with Crippen molar-refractivity contribution in [3.05, 3.63) is 52.0 Å². The highest BCUT2D eigenvalue weighted by molar-refractivity contribution is 9.10. The Morgan fingerprint density at radius 3 is 2.43 bits per heavy atom. The predicted octanol–water partition coefficient (Wildman–Crippen LogP) is 3.93. The number of nitrogens with two attached hydrogens (primary N) is 1. The molecule has 0 fully saturated rings. The molecule has 0 atom stereocenters. The zero-order chi connectivity index (χ0) is 15.3. The number of aromatic nitrogens is 2. The fraction of sp³-hybridized carbons (Fsp3) is 0. The average molecular weight is 360 g/mol. The quantitative estimate of drug-likeness (QED) is 0.528. The van der Waals surface area contributed by atoms with Crippen LogP contribution in [0.15, 0.2) is 28.7 Å². The zero-order valence-electron chi connectivity index (χ0n) is 10.2. The van der Waals surface area contributed by atoms with Gasteiger partial charge in [0.25, 0.3) is 0 Å². The van der Waals surface area contributed by atoms with E-state index in [1.807, 2.05) is 0 Å². The van der Waals surface area contributed by atoms with E-state index < -0.39 is 29.0 Å². The molecule has 0 unspecified atom stereocenters. The molecule has 3 nitrogen and oxygen atoms in total. The van der Waals surface area contributed by atoms with E-state index in [0.717, 1.165) is 16.7 Å². The van der Waals surface area contributed by atoms with Gasteiger partial charge in [0.05, 0.1) is 21.2 Å². The summed E-state index contributed by atoms with van der Waals surface area (Å²) in [6.45, 7) is 0. The normalized spacial score (nSPS) is 11.3. The van der Waals surface area contributed by atoms with Crippen molar-refractivity contribution in [3.63, 3.8) is 0 Å². The van der Waals surface area contributed by atoms with E-state index >= 15 is 0 Å². The van der Waals surface area contributed by atoms with Crippen LogP contribution < -0.4 is 5.73 Å². The van der Waals surface area contributed by atoms with E-state index in [1.54, 1.807) is 0 Å². The highest BCUT2D eigenvalue weighted by Crippen LogP contribution is 2.30. The Kier molecular flexibility index (Phi) is 3.12. The SMILES string of the molecule is Nc1nc2cc(F)c(Br)cc2n1-c1cc(F)cc(F)c1F. The Labute approximate surface area is 124 Å². The lowest BCUT2D eigenvalue weighted by atomic mass is 10.2. The highest BCUT2D eigenvalue weighted by atomic mass is 79.9. The van der Waals surface area contributed by atoms with Crippen LogP contribution in [0.4, 0.5) is 23.5 Å². The van der Waals surface area contributed by atoms with Crippen LogP contribution in [0, 0.1) is 23.3 Å². The third-order valence-corrected chi connectivity index (χ3v) is 3.54. The van der Waals surface area contributed by atoms with Crippen LogP contribution in [0.1, 0.15) is 0 Å². The van der Waals surface area contributed by atoms with Crippen molar-refractivity contribution in [1.82, 2.24) is 9.55 Å². The van der Waals surface area contributed by atoms with Gasteiger partial charge in [0.15, 0.2) is 11.6 Å². The van der Waals surface area contributed by atoms with Crippen LogP contribution in [-0.2, 0) is 0 Å². The van der Waals surface area contributed by atoms with Gasteiger partial charge in [0.2, 0.25) is 5.95 Å². The summed E-state index contributed by atoms with van der Waals surface area (Å²) in [5.74, 6) is -4.40. The van der Waals surface area contributed by atoms with E-state index in [2.05, 4.69) is 20.9 Å². The molecule has 108 valence electrons. The molecule has 0 aliphatic rings. The van der Waals surface area contributed by atoms with Gasteiger partial charge in [-0.25, -0.2) is 22.5 Å². The maximum atomic E-state index is 13.9. The van der Waals surface area contributed by atoms with Crippen LogP contribution in [0.25, 0.3) is 16.7 Å². The van der Waals surface area contributed by atoms with Crippen LogP contribution in [0.3, 0.4) is 0 Å². The molecule has 0 spiro atoms. The van der Waals surface area contributed by atoms with Crippen molar-refractivity contribution < 1.29 is 17.6 Å². The van der Waals surface area contributed by atoms with E-state index in [9.17, 15) is 17.6 Å². The highest BCUT2D eigenvalue weighted by Gasteiger charge is 2.19. The van der Waals surface area contributed by atoms with Crippen molar-refractivity contribution in [3.8, 4) is 5.69 Å². The molecule has 0 amide bonds. The molecule has 0 radical (unpaired) electrons. The monoisotopic (exact) mass is 359 g/mol. The number of hydrogen-bond acceptors (Lipinski definition) is 2. The third kappa shape index (κ3) is 2.15. The molecule has 0 bridgehead atoms. The summed E-state index contributed by atoms with van der Waals surface area (Å²) >= 11 is 2.98. The Hall–Kier alpha value is -2.09. The molecular weight excluding hydrogens is 354 g/mol. The van der Waals surface area contributed by atoms with Gasteiger partial charge in [-0.3, -0.25) is 4.57 Å². The molecule has 21 heavy (non-hydrogen) atoms. The Balaban J connectivity index is 2.40. The Morgan fingerprint density at radius 2 is 1.71 bits per heavy atom. The molecule has 1 heterocycles. The van der Waals surface area contributed by atoms with Crippen molar-refractivity contribution in [2.45, 2.75) is 0 Å². The minimum atomic E-state index is -1.35. The lowest BCUT2D eigenvalue weighted by Gasteiger charge is -2.09. The molecule has 2 aromatic carbocycles. The summed E-state index contributed by atoms with van der Waals surface area (Å²) in [6.07, 6.45) is 0. The van der Waals surface area contributed by atoms with Gasteiger partial charge in [-0.2, -0.15) is 0 Å². The van der Waals surface area contributed by atoms with Crippen molar-refractivity contribution in [1.29, 1.82) is 0 Å². The molecule has 3 aromatic rings. The summed E-state index contributed by atoms with van der Waals surface area (Å²) in [5, 5.41) is 0. The van der Waals surface area contributed by atoms with Crippen LogP contribution in [0.5, 0.6) is 0 Å². The van der Waals surface area contributed by atoms with E-state index in [1.165, 1.54) is 6.07 Å². The van der Waals surface area contributed by atoms with Gasteiger partial charge in [-0.15, -0.1) is 0 Å². The van der Waals surface area contributed by atoms with Gasteiger partial charge in [-0.05, 0) is 22.0 Å². The fourth-order valence-electron chi connectivity index (χ4n) is 2.05. The maximum Gasteiger partial charge on any atom is 0.206 e. The second-order valence-corrected chi connectivity index (χ2v) is 5.14. The number of benzene rings is 2. The summed E-state index contributed by atoms with van der Waals surface area (Å²) < 4.78 is 55.1. The van der Waals surface area contributed by atoms with Gasteiger partial charge < -0.3 is 5.73 Å². The smallest absolute Gasteiger partial charge is 0.206 e. The summed E-state index contributed by atoms with van der Waals surface area (Å²) in [7, 11) is 0. The molecule has 0 saturated carbocycles. The summed E-state index contributed by atoms with van der Waals surface area (Å²) in [6, 6.07) is 3.59. The molecule has 2 N–H and O–H groups in total. The number of nitrogen functional groups attached to an aromatic ring is 1. The average Bonchev–Trinajstić information content (AvgIpc) is 2.70. The van der Waals surface area contributed by atoms with Crippen LogP contribution in [-0.4, -0.2) is 9.55 Å². The van der Waals surface area contributed by atoms with Gasteiger partial charge >= 0.3 is 0 Å². The Bertz CT molecular complexity index is 876. The third-order valence-electron chi connectivity index (χ3n) is 2.94. The van der Waals surface area contributed by atoms with Crippen molar-refractivity contribution in [2.75, 3.05) is 5.73 Å². The van der Waals surface area contributed by atoms with Crippen molar-refractivity contribution >= 4 is 32.9 Å². The van der Waals surface area contributed by atoms with Gasteiger partial charge in [0.1, 0.15) is 11.6 Å². The predicted molar refractivity (Wildman–Crippen MR) is 73.0 cm³/mol. The minimum Gasteiger partial charge on any atom is -0.369 e. The fourth-order valence-corrected chi connectivity index (χ4v) is 2.38. The first kappa shape index (κ1) is 13.9. The molecule has 3 rings (SSSR count). The van der Waals surface area contributed by atoms with Gasteiger partial charge in [0, 0.05) is 18.2 Å².